The molecule has 0 heterocycles. The average molecular weight is 264 g/mol. The molecule has 4 heteroatoms. The molecule has 0 bridgehead atoms. The van der Waals surface area contributed by atoms with Gasteiger partial charge in [-0.3, -0.25) is 0 Å². The molecule has 0 aliphatic carbocycles. The summed E-state index contributed by atoms with van der Waals surface area (Å²) in [5, 5.41) is 8.70. The number of aliphatic carboxylic acids is 1. The minimum absolute atomic E-state index is 0.0195. The number of rotatable bonds is 6. The van der Waals surface area contributed by atoms with Gasteiger partial charge in [0.15, 0.2) is 11.5 Å². The van der Waals surface area contributed by atoms with Gasteiger partial charge in [0.2, 0.25) is 0 Å². The highest BCUT2D eigenvalue weighted by atomic mass is 16.5. The van der Waals surface area contributed by atoms with Gasteiger partial charge in [0.05, 0.1) is 12.2 Å². The Morgan fingerprint density at radius 2 is 1.79 bits per heavy atom. The Bertz CT molecular complexity index is 461. The Labute approximate surface area is 113 Å². The van der Waals surface area contributed by atoms with Gasteiger partial charge in [-0.25, -0.2) is 4.79 Å². The van der Waals surface area contributed by atoms with Crippen LogP contribution in [0.15, 0.2) is 24.3 Å². The van der Waals surface area contributed by atoms with Crippen LogP contribution in [0.25, 0.3) is 6.08 Å². The highest BCUT2D eigenvalue weighted by Gasteiger charge is 2.12. The van der Waals surface area contributed by atoms with Crippen molar-refractivity contribution in [3.05, 3.63) is 29.8 Å². The fraction of sp³-hybridized carbons (Fsp3) is 0.400. The van der Waals surface area contributed by atoms with Crippen molar-refractivity contribution in [1.82, 2.24) is 0 Å². The number of carboxylic acids is 1. The molecule has 1 rings (SSSR count). The Hall–Kier alpha value is -1.97. The van der Waals surface area contributed by atoms with E-state index >= 15 is 0 Å². The lowest BCUT2D eigenvalue weighted by atomic mass is 10.1. The molecule has 0 spiro atoms. The van der Waals surface area contributed by atoms with E-state index in [0.29, 0.717) is 17.1 Å². The van der Waals surface area contributed by atoms with Crippen LogP contribution >= 0.6 is 0 Å². The minimum atomic E-state index is -0.995. The predicted molar refractivity (Wildman–Crippen MR) is 74.6 cm³/mol. The van der Waals surface area contributed by atoms with E-state index in [2.05, 4.69) is 0 Å². The quantitative estimate of drug-likeness (QED) is 0.800. The molecule has 1 aromatic carbocycles. The van der Waals surface area contributed by atoms with E-state index in [4.69, 9.17) is 14.6 Å². The lowest BCUT2D eigenvalue weighted by molar-refractivity contribution is -0.131. The molecular formula is C15H20O4. The van der Waals surface area contributed by atoms with Gasteiger partial charge in [-0.15, -0.1) is 0 Å². The number of para-hydroxylation sites is 1. The molecule has 0 aliphatic heterocycles. The van der Waals surface area contributed by atoms with E-state index in [9.17, 15) is 4.79 Å². The third-order valence-electron chi connectivity index (χ3n) is 2.13. The van der Waals surface area contributed by atoms with Crippen molar-refractivity contribution in [3.8, 4) is 11.5 Å². The maximum atomic E-state index is 10.6. The van der Waals surface area contributed by atoms with Gasteiger partial charge in [0.25, 0.3) is 0 Å². The number of benzene rings is 1. The zero-order chi connectivity index (χ0) is 14.4. The van der Waals surface area contributed by atoms with Crippen molar-refractivity contribution in [2.45, 2.75) is 39.9 Å². The van der Waals surface area contributed by atoms with Crippen LogP contribution in [0.5, 0.6) is 11.5 Å². The third kappa shape index (κ3) is 5.04. The first-order valence-electron chi connectivity index (χ1n) is 6.27. The van der Waals surface area contributed by atoms with E-state index < -0.39 is 5.97 Å². The molecule has 0 saturated heterocycles. The summed E-state index contributed by atoms with van der Waals surface area (Å²) in [5.74, 6) is 0.200. The number of hydrogen-bond donors (Lipinski definition) is 1. The Morgan fingerprint density at radius 3 is 2.32 bits per heavy atom. The lowest BCUT2D eigenvalue weighted by Gasteiger charge is -2.18. The maximum absolute atomic E-state index is 10.6. The van der Waals surface area contributed by atoms with E-state index in [-0.39, 0.29) is 12.2 Å². The molecule has 0 amide bonds. The second-order valence-corrected chi connectivity index (χ2v) is 4.68. The Balaban J connectivity index is 3.17. The van der Waals surface area contributed by atoms with Crippen LogP contribution in [0.1, 0.15) is 33.3 Å². The Kier molecular flexibility index (Phi) is 5.42. The van der Waals surface area contributed by atoms with Gasteiger partial charge in [0, 0.05) is 11.6 Å². The maximum Gasteiger partial charge on any atom is 0.328 e. The number of ether oxygens (including phenoxy) is 2. The third-order valence-corrected chi connectivity index (χ3v) is 2.13. The Morgan fingerprint density at radius 1 is 1.16 bits per heavy atom. The molecule has 0 radical (unpaired) electrons. The highest BCUT2D eigenvalue weighted by molar-refractivity contribution is 5.86. The number of carbonyl (C=O) groups is 1. The summed E-state index contributed by atoms with van der Waals surface area (Å²) in [6, 6.07) is 5.42. The van der Waals surface area contributed by atoms with Gasteiger partial charge >= 0.3 is 5.97 Å². The second-order valence-electron chi connectivity index (χ2n) is 4.68. The van der Waals surface area contributed by atoms with Gasteiger partial charge < -0.3 is 14.6 Å². The first kappa shape index (κ1) is 15.1. The average Bonchev–Trinajstić information content (AvgIpc) is 2.28. The fourth-order valence-electron chi connectivity index (χ4n) is 1.53. The molecule has 0 aromatic heterocycles. The second kappa shape index (κ2) is 6.83. The smallest absolute Gasteiger partial charge is 0.328 e. The summed E-state index contributed by atoms with van der Waals surface area (Å²) >= 11 is 0. The normalized spacial score (nSPS) is 11.3. The monoisotopic (exact) mass is 264 g/mol. The van der Waals surface area contributed by atoms with Crippen molar-refractivity contribution in [2.24, 2.45) is 0 Å². The van der Waals surface area contributed by atoms with Crippen LogP contribution in [0.4, 0.5) is 0 Å². The van der Waals surface area contributed by atoms with Crippen molar-refractivity contribution in [1.29, 1.82) is 0 Å². The first-order valence-corrected chi connectivity index (χ1v) is 6.27. The summed E-state index contributed by atoms with van der Waals surface area (Å²) in [6.07, 6.45) is 2.59. The van der Waals surface area contributed by atoms with Gasteiger partial charge in [-0.05, 0) is 39.8 Å². The summed E-state index contributed by atoms with van der Waals surface area (Å²) in [6.45, 7) is 7.69. The molecule has 19 heavy (non-hydrogen) atoms. The SMILES string of the molecule is CC(C)Oc1cccc(/C=C/C(=O)O)c1OC(C)C. The van der Waals surface area contributed by atoms with E-state index in [0.717, 1.165) is 6.08 Å². The van der Waals surface area contributed by atoms with Crippen LogP contribution in [0.2, 0.25) is 0 Å². The van der Waals surface area contributed by atoms with Crippen LogP contribution in [0.3, 0.4) is 0 Å². The molecule has 4 nitrogen and oxygen atoms in total. The molecule has 0 saturated carbocycles. The predicted octanol–water partition coefficient (Wildman–Crippen LogP) is 3.36. The van der Waals surface area contributed by atoms with E-state index in [1.54, 1.807) is 6.07 Å². The van der Waals surface area contributed by atoms with Crippen molar-refractivity contribution < 1.29 is 19.4 Å². The first-order chi connectivity index (χ1) is 8.90. The summed E-state index contributed by atoms with van der Waals surface area (Å²) < 4.78 is 11.4. The molecule has 0 aliphatic rings. The zero-order valence-corrected chi connectivity index (χ0v) is 11.7. The van der Waals surface area contributed by atoms with Gasteiger partial charge in [-0.2, -0.15) is 0 Å². The van der Waals surface area contributed by atoms with Crippen LogP contribution in [-0.4, -0.2) is 23.3 Å². The summed E-state index contributed by atoms with van der Waals surface area (Å²) in [4.78, 5) is 10.6. The molecular weight excluding hydrogens is 244 g/mol. The van der Waals surface area contributed by atoms with Crippen LogP contribution in [-0.2, 0) is 4.79 Å². The molecule has 104 valence electrons. The van der Waals surface area contributed by atoms with Crippen molar-refractivity contribution >= 4 is 12.0 Å². The van der Waals surface area contributed by atoms with Gasteiger partial charge in [-0.1, -0.05) is 12.1 Å². The molecule has 0 fully saturated rings. The molecule has 0 unspecified atom stereocenters. The minimum Gasteiger partial charge on any atom is -0.487 e. The standard InChI is InChI=1S/C15H20O4/c1-10(2)18-13-7-5-6-12(8-9-14(16)17)15(13)19-11(3)4/h5-11H,1-4H3,(H,16,17)/b9-8+. The van der Waals surface area contributed by atoms with Crippen LogP contribution < -0.4 is 9.47 Å². The van der Waals surface area contributed by atoms with E-state index in [1.165, 1.54) is 6.08 Å². The van der Waals surface area contributed by atoms with Crippen molar-refractivity contribution in [3.63, 3.8) is 0 Å². The lowest BCUT2D eigenvalue weighted by Crippen LogP contribution is -2.11. The van der Waals surface area contributed by atoms with E-state index in [1.807, 2.05) is 39.8 Å². The fourth-order valence-corrected chi connectivity index (χ4v) is 1.53. The topological polar surface area (TPSA) is 55.8 Å². The van der Waals surface area contributed by atoms with Crippen LogP contribution in [0, 0.1) is 0 Å². The zero-order valence-electron chi connectivity index (χ0n) is 11.7. The molecule has 1 N–H and O–H groups in total. The molecule has 0 atom stereocenters. The highest BCUT2D eigenvalue weighted by Crippen LogP contribution is 2.33. The summed E-state index contributed by atoms with van der Waals surface area (Å²) in [7, 11) is 0. The van der Waals surface area contributed by atoms with Crippen molar-refractivity contribution in [2.75, 3.05) is 0 Å². The largest absolute Gasteiger partial charge is 0.487 e. The summed E-state index contributed by atoms with van der Waals surface area (Å²) in [5.41, 5.74) is 0.689. The number of hydrogen-bond acceptors (Lipinski definition) is 3. The number of carboxylic acid groups (broad SMARTS) is 1. The molecule has 1 aromatic rings. The van der Waals surface area contributed by atoms with Gasteiger partial charge in [0.1, 0.15) is 0 Å².